The molecular formula is H3CoMnNaNiO. The zero-order valence-electron chi connectivity index (χ0n) is 3.53. The molecule has 0 aromatic rings. The van der Waals surface area contributed by atoms with E-state index >= 15 is 0 Å². The Morgan fingerprint density at radius 1 is 1.20 bits per heavy atom. The van der Waals surface area contributed by atoms with E-state index in [0.717, 1.165) is 0 Å². The molecule has 0 amide bonds. The maximum Gasteiger partial charge on any atom is 1.00 e. The van der Waals surface area contributed by atoms with Gasteiger partial charge in [-0.05, 0) is 0 Å². The molecule has 0 saturated heterocycles. The first-order chi connectivity index (χ1) is 0. The molecule has 0 spiro atoms. The van der Waals surface area contributed by atoms with Crippen LogP contribution in [-0.2, 0) is 50.3 Å². The van der Waals surface area contributed by atoms with Gasteiger partial charge in [0.2, 0.25) is 0 Å². The van der Waals surface area contributed by atoms with Crippen LogP contribution in [0.5, 0.6) is 0 Å². The van der Waals surface area contributed by atoms with Crippen LogP contribution in [0.3, 0.4) is 0 Å². The first-order valence-electron chi connectivity index (χ1n) is 0. The maximum atomic E-state index is 0. The van der Waals surface area contributed by atoms with Crippen molar-refractivity contribution in [3.63, 3.8) is 0 Å². The van der Waals surface area contributed by atoms with Gasteiger partial charge in [0, 0.05) is 50.3 Å². The predicted octanol–water partition coefficient (Wildman–Crippen LogP) is -3.72. The monoisotopic (exact) mass is 214 g/mol. The van der Waals surface area contributed by atoms with Crippen molar-refractivity contribution >= 4 is 0 Å². The maximum absolute atomic E-state index is 0. The molecule has 36 valence electrons. The Morgan fingerprint density at radius 3 is 1.20 bits per heavy atom. The molecule has 0 saturated carbocycles. The van der Waals surface area contributed by atoms with Crippen molar-refractivity contribution in [2.75, 3.05) is 0 Å². The molecular weight excluding hydrogens is 212 g/mol. The summed E-state index contributed by atoms with van der Waals surface area (Å²) in [6, 6.07) is 0. The number of hydrogen-bond acceptors (Lipinski definition) is 0. The molecule has 5 heteroatoms. The summed E-state index contributed by atoms with van der Waals surface area (Å²) in [5.74, 6) is 0. The van der Waals surface area contributed by atoms with Gasteiger partial charge in [0.1, 0.15) is 0 Å². The van der Waals surface area contributed by atoms with E-state index in [0.29, 0.717) is 0 Å². The standard InChI is InChI=1S/Co.Mn.Na.Ni.H2O.H/h;;;;1H2;/q;;+1;;;-1. The van der Waals surface area contributed by atoms with Crippen LogP contribution < -0.4 is 29.6 Å². The molecule has 0 fully saturated rings. The van der Waals surface area contributed by atoms with E-state index in [1.54, 1.807) is 0 Å². The van der Waals surface area contributed by atoms with Gasteiger partial charge in [0.15, 0.2) is 0 Å². The topological polar surface area (TPSA) is 31.5 Å². The van der Waals surface area contributed by atoms with Gasteiger partial charge in [-0.1, -0.05) is 0 Å². The zero-order chi connectivity index (χ0) is 0. The van der Waals surface area contributed by atoms with Crippen LogP contribution in [0.4, 0.5) is 0 Å². The minimum Gasteiger partial charge on any atom is -1.00 e. The average Bonchev–Trinajstić information content (AvgIpc) is 0. The van der Waals surface area contributed by atoms with Crippen molar-refractivity contribution in [1.29, 1.82) is 0 Å². The van der Waals surface area contributed by atoms with Crippen LogP contribution in [0.25, 0.3) is 0 Å². The van der Waals surface area contributed by atoms with Gasteiger partial charge in [-0.15, -0.1) is 0 Å². The summed E-state index contributed by atoms with van der Waals surface area (Å²) in [6.45, 7) is 0. The van der Waals surface area contributed by atoms with E-state index in [1.165, 1.54) is 0 Å². The molecule has 5 heavy (non-hydrogen) atoms. The zero-order valence-corrected chi connectivity index (χ0v) is 7.74. The van der Waals surface area contributed by atoms with Crippen molar-refractivity contribution in [3.8, 4) is 0 Å². The van der Waals surface area contributed by atoms with E-state index in [-0.39, 0.29) is 86.8 Å². The summed E-state index contributed by atoms with van der Waals surface area (Å²) >= 11 is 0. The molecule has 0 aliphatic rings. The summed E-state index contributed by atoms with van der Waals surface area (Å²) in [5.41, 5.74) is 0. The first-order valence-corrected chi connectivity index (χ1v) is 0. The minimum atomic E-state index is 0. The Balaban J connectivity index is 0. The largest absolute Gasteiger partial charge is 1.00 e. The number of hydrogen-bond donors (Lipinski definition) is 0. The molecule has 0 rings (SSSR count). The second-order valence-corrected chi connectivity index (χ2v) is 0. The molecule has 0 bridgehead atoms. The van der Waals surface area contributed by atoms with Crippen molar-refractivity contribution in [2.45, 2.75) is 0 Å². The van der Waals surface area contributed by atoms with Crippen molar-refractivity contribution in [3.05, 3.63) is 0 Å². The van der Waals surface area contributed by atoms with Gasteiger partial charge in [-0.3, -0.25) is 0 Å². The van der Waals surface area contributed by atoms with Crippen LogP contribution in [0.2, 0.25) is 0 Å². The fourth-order valence-electron chi connectivity index (χ4n) is 0. The number of rotatable bonds is 0. The molecule has 2 radical (unpaired) electrons. The van der Waals surface area contributed by atoms with Gasteiger partial charge in [0.05, 0.1) is 0 Å². The smallest absolute Gasteiger partial charge is 1.00 e. The quantitative estimate of drug-likeness (QED) is 0.372. The average molecular weight is 215 g/mol. The molecule has 0 heterocycles. The van der Waals surface area contributed by atoms with Gasteiger partial charge in [0.25, 0.3) is 0 Å². The second kappa shape index (κ2) is 31.6. The van der Waals surface area contributed by atoms with Crippen LogP contribution >= 0.6 is 0 Å². The van der Waals surface area contributed by atoms with Crippen molar-refractivity contribution in [1.82, 2.24) is 0 Å². The van der Waals surface area contributed by atoms with Crippen LogP contribution in [0, 0.1) is 0 Å². The summed E-state index contributed by atoms with van der Waals surface area (Å²) in [4.78, 5) is 0. The summed E-state index contributed by atoms with van der Waals surface area (Å²) in [7, 11) is 0. The van der Waals surface area contributed by atoms with Crippen LogP contribution in [-0.4, -0.2) is 5.48 Å². The van der Waals surface area contributed by atoms with E-state index in [4.69, 9.17) is 0 Å². The third kappa shape index (κ3) is 21.1. The normalized spacial score (nSPS) is 0. The SMILES string of the molecule is O.[Co].[H-].[Mn].[Na+].[Ni]. The minimum absolute atomic E-state index is 0. The van der Waals surface area contributed by atoms with Crippen LogP contribution in [0.15, 0.2) is 0 Å². The van der Waals surface area contributed by atoms with Gasteiger partial charge in [-0.2, -0.15) is 0 Å². The van der Waals surface area contributed by atoms with Crippen molar-refractivity contribution < 1.29 is 86.8 Å². The van der Waals surface area contributed by atoms with Gasteiger partial charge < -0.3 is 6.90 Å². The fraction of sp³-hybridized carbons (Fsp3) is 0. The summed E-state index contributed by atoms with van der Waals surface area (Å²) in [6.07, 6.45) is 0. The predicted molar refractivity (Wildman–Crippen MR) is 4.73 cm³/mol. The Labute approximate surface area is 85.7 Å². The van der Waals surface area contributed by atoms with Gasteiger partial charge >= 0.3 is 29.6 Å². The van der Waals surface area contributed by atoms with Gasteiger partial charge in [-0.25, -0.2) is 0 Å². The van der Waals surface area contributed by atoms with E-state index in [1.807, 2.05) is 0 Å². The fourth-order valence-corrected chi connectivity index (χ4v) is 0. The molecule has 2 N–H and O–H groups in total. The molecule has 0 aliphatic carbocycles. The van der Waals surface area contributed by atoms with E-state index in [2.05, 4.69) is 0 Å². The molecule has 0 aliphatic heterocycles. The van der Waals surface area contributed by atoms with Crippen LogP contribution in [0.1, 0.15) is 1.43 Å². The van der Waals surface area contributed by atoms with Crippen molar-refractivity contribution in [2.24, 2.45) is 0 Å². The molecule has 0 aromatic carbocycles. The Morgan fingerprint density at radius 2 is 1.20 bits per heavy atom. The molecule has 0 atom stereocenters. The summed E-state index contributed by atoms with van der Waals surface area (Å²) < 4.78 is 0. The Kier molecular flexibility index (Phi) is 323. The molecule has 0 aromatic heterocycles. The second-order valence-electron chi connectivity index (χ2n) is 0. The third-order valence-electron chi connectivity index (χ3n) is 0. The Hall–Kier alpha value is 2.48. The Bertz CT molecular complexity index is 15.5. The van der Waals surface area contributed by atoms with E-state index < -0.39 is 0 Å². The summed E-state index contributed by atoms with van der Waals surface area (Å²) in [5, 5.41) is 0. The first kappa shape index (κ1) is 51.1. The van der Waals surface area contributed by atoms with E-state index in [9.17, 15) is 0 Å². The third-order valence-corrected chi connectivity index (χ3v) is 0. The molecule has 0 unspecified atom stereocenters. The molecule has 1 nitrogen and oxygen atoms in total.